The topological polar surface area (TPSA) is 69.6 Å². The first-order valence-corrected chi connectivity index (χ1v) is 19.4. The third-order valence-corrected chi connectivity index (χ3v) is 11.3. The fourth-order valence-corrected chi connectivity index (χ4v) is 8.64. The van der Waals surface area contributed by atoms with Crippen molar-refractivity contribution in [2.75, 3.05) is 0 Å². The molecule has 12 aromatic rings. The highest BCUT2D eigenvalue weighted by Gasteiger charge is 2.21. The summed E-state index contributed by atoms with van der Waals surface area (Å²) in [6.45, 7) is 0. The van der Waals surface area contributed by atoms with Crippen molar-refractivity contribution >= 4 is 65.4 Å². The van der Waals surface area contributed by atoms with Gasteiger partial charge in [0.25, 0.3) is 0 Å². The Morgan fingerprint density at radius 2 is 1.02 bits per heavy atom. The second-order valence-corrected chi connectivity index (χ2v) is 14.6. The van der Waals surface area contributed by atoms with Gasteiger partial charge in [-0.2, -0.15) is 0 Å². The molecule has 0 unspecified atom stereocenters. The largest absolute Gasteiger partial charge is 0.438 e. The molecular formula is C52H31N5O. The summed E-state index contributed by atoms with van der Waals surface area (Å²) < 4.78 is 8.59. The van der Waals surface area contributed by atoms with Crippen molar-refractivity contribution < 1.29 is 4.42 Å². The van der Waals surface area contributed by atoms with Gasteiger partial charge < -0.3 is 8.98 Å². The Labute approximate surface area is 332 Å². The second-order valence-electron chi connectivity index (χ2n) is 14.6. The van der Waals surface area contributed by atoms with E-state index < -0.39 is 0 Å². The standard InChI is InChI=1S/C52H31N5O/c1-2-12-32(13-3-1)33-23-24-35-31-36(26-25-34(35)30-33)49-54-50(56-51(55-49)42-18-10-22-47-48(42)43-19-11-29-53-52(43)58-47)41-27-28-46(38-15-5-4-14-37(38)41)57-44-20-8-6-16-39(44)40-17-7-9-21-45(40)57/h1-31H. The van der Waals surface area contributed by atoms with Crippen LogP contribution in [0.3, 0.4) is 0 Å². The molecule has 0 spiro atoms. The van der Waals surface area contributed by atoms with Crippen LogP contribution in [-0.2, 0) is 0 Å². The van der Waals surface area contributed by atoms with Crippen molar-refractivity contribution in [1.82, 2.24) is 24.5 Å². The van der Waals surface area contributed by atoms with Crippen molar-refractivity contribution in [2.24, 2.45) is 0 Å². The maximum absolute atomic E-state index is 6.22. The molecule has 0 amide bonds. The van der Waals surface area contributed by atoms with Crippen LogP contribution in [-0.4, -0.2) is 24.5 Å². The maximum Gasteiger partial charge on any atom is 0.227 e. The maximum atomic E-state index is 6.22. The molecule has 0 fully saturated rings. The van der Waals surface area contributed by atoms with Gasteiger partial charge in [-0.1, -0.05) is 127 Å². The van der Waals surface area contributed by atoms with E-state index in [4.69, 9.17) is 19.4 Å². The van der Waals surface area contributed by atoms with Gasteiger partial charge in [0.1, 0.15) is 5.58 Å². The van der Waals surface area contributed by atoms with Crippen LogP contribution >= 0.6 is 0 Å². The number of aromatic nitrogens is 5. The predicted octanol–water partition coefficient (Wildman–Crippen LogP) is 13.2. The van der Waals surface area contributed by atoms with Crippen LogP contribution in [0.15, 0.2) is 193 Å². The molecule has 0 atom stereocenters. The number of fused-ring (bicyclic) bond motifs is 8. The fraction of sp³-hybridized carbons (Fsp3) is 0. The highest BCUT2D eigenvalue weighted by Crippen LogP contribution is 2.40. The van der Waals surface area contributed by atoms with Crippen LogP contribution in [0.5, 0.6) is 0 Å². The zero-order chi connectivity index (χ0) is 38.2. The first-order valence-electron chi connectivity index (χ1n) is 19.4. The molecule has 58 heavy (non-hydrogen) atoms. The molecule has 0 aliphatic heterocycles. The zero-order valence-corrected chi connectivity index (χ0v) is 31.0. The monoisotopic (exact) mass is 741 g/mol. The Hall–Kier alpha value is -7.96. The van der Waals surface area contributed by atoms with Crippen LogP contribution < -0.4 is 0 Å². The Bertz CT molecular complexity index is 3530. The normalized spacial score (nSPS) is 11.8. The van der Waals surface area contributed by atoms with E-state index in [1.165, 1.54) is 21.9 Å². The van der Waals surface area contributed by atoms with E-state index in [-0.39, 0.29) is 0 Å². The van der Waals surface area contributed by atoms with E-state index in [1.807, 2.05) is 30.3 Å². The third kappa shape index (κ3) is 5.05. The number of benzene rings is 8. The van der Waals surface area contributed by atoms with E-state index in [2.05, 4.69) is 161 Å². The molecule has 0 aliphatic carbocycles. The summed E-state index contributed by atoms with van der Waals surface area (Å²) in [6.07, 6.45) is 1.75. The molecule has 8 aromatic carbocycles. The number of para-hydroxylation sites is 2. The van der Waals surface area contributed by atoms with Gasteiger partial charge in [0, 0.05) is 49.8 Å². The van der Waals surface area contributed by atoms with E-state index in [0.29, 0.717) is 23.2 Å². The van der Waals surface area contributed by atoms with Gasteiger partial charge in [0.15, 0.2) is 17.5 Å². The minimum Gasteiger partial charge on any atom is -0.438 e. The molecule has 0 N–H and O–H groups in total. The predicted molar refractivity (Wildman–Crippen MR) is 236 cm³/mol. The summed E-state index contributed by atoms with van der Waals surface area (Å²) in [5, 5.41) is 8.69. The first kappa shape index (κ1) is 32.3. The van der Waals surface area contributed by atoms with Crippen LogP contribution in [0.25, 0.3) is 116 Å². The Kier molecular flexibility index (Phi) is 7.13. The highest BCUT2D eigenvalue weighted by atomic mass is 16.3. The summed E-state index contributed by atoms with van der Waals surface area (Å²) >= 11 is 0. The molecule has 6 heteroatoms. The summed E-state index contributed by atoms with van der Waals surface area (Å²) in [6, 6.07) is 63.6. The second kappa shape index (κ2) is 12.8. The Balaban J connectivity index is 1.09. The van der Waals surface area contributed by atoms with Crippen LogP contribution in [0, 0.1) is 0 Å². The Morgan fingerprint density at radius 1 is 0.397 bits per heavy atom. The molecule has 0 saturated carbocycles. The van der Waals surface area contributed by atoms with Gasteiger partial charge in [-0.25, -0.2) is 19.9 Å². The number of furan rings is 1. The van der Waals surface area contributed by atoms with E-state index in [0.717, 1.165) is 71.3 Å². The van der Waals surface area contributed by atoms with Crippen LogP contribution in [0.2, 0.25) is 0 Å². The molecule has 0 saturated heterocycles. The average Bonchev–Trinajstić information content (AvgIpc) is 3.84. The number of nitrogens with zero attached hydrogens (tertiary/aromatic N) is 5. The zero-order valence-electron chi connectivity index (χ0n) is 31.0. The molecule has 4 heterocycles. The van der Waals surface area contributed by atoms with Gasteiger partial charge in [-0.05, 0) is 81.9 Å². The van der Waals surface area contributed by atoms with Gasteiger partial charge in [0.05, 0.1) is 16.7 Å². The lowest BCUT2D eigenvalue weighted by atomic mass is 9.99. The molecule has 4 aromatic heterocycles. The van der Waals surface area contributed by atoms with Gasteiger partial charge >= 0.3 is 0 Å². The van der Waals surface area contributed by atoms with Crippen molar-refractivity contribution in [3.63, 3.8) is 0 Å². The molecule has 0 radical (unpaired) electrons. The quantitative estimate of drug-likeness (QED) is 0.176. The van der Waals surface area contributed by atoms with Crippen molar-refractivity contribution in [3.05, 3.63) is 188 Å². The molecule has 270 valence electrons. The highest BCUT2D eigenvalue weighted by molar-refractivity contribution is 6.12. The molecule has 12 rings (SSSR count). The van der Waals surface area contributed by atoms with Gasteiger partial charge in [-0.3, -0.25) is 0 Å². The van der Waals surface area contributed by atoms with E-state index >= 15 is 0 Å². The Morgan fingerprint density at radius 3 is 1.79 bits per heavy atom. The summed E-state index contributed by atoms with van der Waals surface area (Å²) in [5.74, 6) is 1.74. The number of rotatable bonds is 5. The SMILES string of the molecule is c1ccc(-c2ccc3cc(-c4nc(-c5ccc(-n6c7ccccc7c7ccccc76)c6ccccc56)nc(-c5cccc6oc7ncccc7c56)n4)ccc3c2)cc1. The van der Waals surface area contributed by atoms with Crippen molar-refractivity contribution in [3.8, 4) is 51.0 Å². The first-order chi connectivity index (χ1) is 28.7. The van der Waals surface area contributed by atoms with E-state index in [1.54, 1.807) is 6.20 Å². The van der Waals surface area contributed by atoms with Crippen LogP contribution in [0.4, 0.5) is 0 Å². The van der Waals surface area contributed by atoms with Crippen molar-refractivity contribution in [2.45, 2.75) is 0 Å². The molecular weight excluding hydrogens is 711 g/mol. The lowest BCUT2D eigenvalue weighted by molar-refractivity contribution is 0.654. The fourth-order valence-electron chi connectivity index (χ4n) is 8.64. The third-order valence-electron chi connectivity index (χ3n) is 11.3. The summed E-state index contributed by atoms with van der Waals surface area (Å²) in [7, 11) is 0. The smallest absolute Gasteiger partial charge is 0.227 e. The summed E-state index contributed by atoms with van der Waals surface area (Å²) in [4.78, 5) is 20.3. The average molecular weight is 742 g/mol. The van der Waals surface area contributed by atoms with Gasteiger partial charge in [-0.15, -0.1) is 0 Å². The lowest BCUT2D eigenvalue weighted by Gasteiger charge is -2.15. The molecule has 6 nitrogen and oxygen atoms in total. The number of hydrogen-bond acceptors (Lipinski definition) is 5. The van der Waals surface area contributed by atoms with Crippen molar-refractivity contribution in [1.29, 1.82) is 0 Å². The lowest BCUT2D eigenvalue weighted by Crippen LogP contribution is -2.02. The summed E-state index contributed by atoms with van der Waals surface area (Å²) in [5.41, 5.74) is 9.77. The van der Waals surface area contributed by atoms with E-state index in [9.17, 15) is 0 Å². The minimum atomic E-state index is 0.562. The van der Waals surface area contributed by atoms with Gasteiger partial charge in [0.2, 0.25) is 5.71 Å². The minimum absolute atomic E-state index is 0.562. The molecule has 0 bridgehead atoms. The number of pyridine rings is 1. The number of hydrogen-bond donors (Lipinski definition) is 0. The molecule has 0 aliphatic rings. The van der Waals surface area contributed by atoms with Crippen LogP contribution in [0.1, 0.15) is 0 Å².